The second-order valence-corrected chi connectivity index (χ2v) is 6.87. The van der Waals surface area contributed by atoms with Gasteiger partial charge in [0.05, 0.1) is 0 Å². The van der Waals surface area contributed by atoms with E-state index in [1.165, 1.54) is 17.8 Å². The molecule has 0 aromatic heterocycles. The number of nitrogens with two attached hydrogens (primary N) is 1. The topological polar surface area (TPSA) is 63.4 Å². The predicted octanol–water partition coefficient (Wildman–Crippen LogP) is 2.81. The van der Waals surface area contributed by atoms with Crippen LogP contribution in [0.15, 0.2) is 18.2 Å². The van der Waals surface area contributed by atoms with Crippen LogP contribution in [0.4, 0.5) is 4.39 Å². The number of likely N-dealkylation sites (tertiary alicyclic amines) is 1. The van der Waals surface area contributed by atoms with E-state index in [0.29, 0.717) is 42.3 Å². The molecule has 0 saturated carbocycles. The lowest BCUT2D eigenvalue weighted by atomic mass is 9.93. The molecule has 1 aliphatic heterocycles. The number of halogens is 1. The number of amides is 2. The summed E-state index contributed by atoms with van der Waals surface area (Å²) in [5.74, 6) is 0.235. The fourth-order valence-electron chi connectivity index (χ4n) is 2.99. The molecule has 0 aliphatic carbocycles. The molecule has 23 heavy (non-hydrogen) atoms. The van der Waals surface area contributed by atoms with Gasteiger partial charge in [-0.3, -0.25) is 9.59 Å². The Balaban J connectivity index is 2.04. The molecule has 1 aromatic carbocycles. The lowest BCUT2D eigenvalue weighted by molar-refractivity contribution is -0.118. The molecule has 2 rings (SSSR count). The quantitative estimate of drug-likeness (QED) is 0.867. The van der Waals surface area contributed by atoms with Crippen molar-refractivity contribution in [2.45, 2.75) is 31.4 Å². The Labute approximate surface area is 140 Å². The highest BCUT2D eigenvalue weighted by atomic mass is 32.2. The number of benzene rings is 1. The third-order valence-electron chi connectivity index (χ3n) is 4.20. The van der Waals surface area contributed by atoms with E-state index in [1.807, 2.05) is 11.2 Å². The van der Waals surface area contributed by atoms with Crippen molar-refractivity contribution in [2.75, 3.05) is 19.3 Å². The summed E-state index contributed by atoms with van der Waals surface area (Å²) >= 11 is 1.53. The van der Waals surface area contributed by atoms with Crippen LogP contribution >= 0.6 is 11.8 Å². The van der Waals surface area contributed by atoms with Gasteiger partial charge in [-0.05, 0) is 55.2 Å². The van der Waals surface area contributed by atoms with Crippen LogP contribution in [-0.4, -0.2) is 36.1 Å². The number of thioether (sulfide) groups is 1. The molecule has 1 atom stereocenters. The predicted molar refractivity (Wildman–Crippen MR) is 90.7 cm³/mol. The van der Waals surface area contributed by atoms with E-state index in [4.69, 9.17) is 5.73 Å². The number of hydrogen-bond donors (Lipinski definition) is 1. The Bertz CT molecular complexity index is 580. The molecule has 126 valence electrons. The van der Waals surface area contributed by atoms with Gasteiger partial charge < -0.3 is 10.6 Å². The van der Waals surface area contributed by atoms with Gasteiger partial charge in [-0.2, -0.15) is 11.8 Å². The van der Waals surface area contributed by atoms with Gasteiger partial charge in [0.2, 0.25) is 5.91 Å². The summed E-state index contributed by atoms with van der Waals surface area (Å²) in [5.41, 5.74) is 6.29. The lowest BCUT2D eigenvalue weighted by Gasteiger charge is -2.33. The summed E-state index contributed by atoms with van der Waals surface area (Å²) in [6.07, 6.45) is 4.93. The van der Waals surface area contributed by atoms with Gasteiger partial charge in [0.1, 0.15) is 5.82 Å². The van der Waals surface area contributed by atoms with Gasteiger partial charge >= 0.3 is 0 Å². The van der Waals surface area contributed by atoms with Crippen LogP contribution in [-0.2, 0) is 10.5 Å². The molecule has 0 spiro atoms. The summed E-state index contributed by atoms with van der Waals surface area (Å²) < 4.78 is 13.7. The van der Waals surface area contributed by atoms with E-state index in [-0.39, 0.29) is 17.6 Å². The number of nitrogens with zero attached hydrogens (tertiary/aromatic N) is 1. The van der Waals surface area contributed by atoms with Crippen molar-refractivity contribution in [3.8, 4) is 0 Å². The molecule has 1 aliphatic rings. The van der Waals surface area contributed by atoms with Crippen molar-refractivity contribution in [1.82, 2.24) is 4.90 Å². The fourth-order valence-corrected chi connectivity index (χ4v) is 3.52. The minimum absolute atomic E-state index is 0.0591. The molecule has 1 saturated heterocycles. The number of hydrogen-bond acceptors (Lipinski definition) is 3. The first kappa shape index (κ1) is 17.8. The van der Waals surface area contributed by atoms with Gasteiger partial charge in [-0.15, -0.1) is 0 Å². The van der Waals surface area contributed by atoms with Crippen LogP contribution in [0.2, 0.25) is 0 Å². The maximum absolute atomic E-state index is 13.7. The molecule has 4 nitrogen and oxygen atoms in total. The van der Waals surface area contributed by atoms with E-state index >= 15 is 0 Å². The number of piperidine rings is 1. The molecule has 1 aromatic rings. The van der Waals surface area contributed by atoms with E-state index in [0.717, 1.165) is 19.3 Å². The molecular formula is C17H23FN2O2S. The molecule has 1 fully saturated rings. The zero-order valence-electron chi connectivity index (χ0n) is 13.4. The second-order valence-electron chi connectivity index (χ2n) is 6.00. The Morgan fingerprint density at radius 2 is 2.22 bits per heavy atom. The summed E-state index contributed by atoms with van der Waals surface area (Å²) in [6, 6.07) is 4.57. The Kier molecular flexibility index (Phi) is 6.45. The van der Waals surface area contributed by atoms with E-state index < -0.39 is 0 Å². The zero-order valence-corrected chi connectivity index (χ0v) is 14.2. The Morgan fingerprint density at radius 1 is 1.43 bits per heavy atom. The number of rotatable bonds is 6. The van der Waals surface area contributed by atoms with Crippen LogP contribution in [0.5, 0.6) is 0 Å². The Morgan fingerprint density at radius 3 is 2.91 bits per heavy atom. The maximum atomic E-state index is 13.7. The first-order chi connectivity index (χ1) is 11.0. The van der Waals surface area contributed by atoms with Crippen LogP contribution in [0.3, 0.4) is 0 Å². The van der Waals surface area contributed by atoms with E-state index in [2.05, 4.69) is 0 Å². The van der Waals surface area contributed by atoms with Crippen molar-refractivity contribution in [2.24, 2.45) is 11.7 Å². The second kappa shape index (κ2) is 8.34. The lowest BCUT2D eigenvalue weighted by Crippen LogP contribution is -2.40. The minimum Gasteiger partial charge on any atom is -0.370 e. The van der Waals surface area contributed by atoms with Crippen molar-refractivity contribution in [3.05, 3.63) is 35.1 Å². The minimum atomic E-state index is -0.298. The van der Waals surface area contributed by atoms with Gasteiger partial charge in [-0.25, -0.2) is 4.39 Å². The standard InChI is InChI=1S/C17H23FN2O2S/c1-23-11-14-9-13(5-6-15(14)18)17(22)20-8-2-3-12(10-20)4-7-16(19)21/h5-6,9,12H,2-4,7-8,10-11H2,1H3,(H2,19,21). The van der Waals surface area contributed by atoms with E-state index in [9.17, 15) is 14.0 Å². The monoisotopic (exact) mass is 338 g/mol. The van der Waals surface area contributed by atoms with Crippen LogP contribution in [0.25, 0.3) is 0 Å². The smallest absolute Gasteiger partial charge is 0.253 e. The largest absolute Gasteiger partial charge is 0.370 e. The van der Waals surface area contributed by atoms with Gasteiger partial charge in [0.15, 0.2) is 0 Å². The summed E-state index contributed by atoms with van der Waals surface area (Å²) in [7, 11) is 0. The van der Waals surface area contributed by atoms with Crippen LogP contribution < -0.4 is 5.73 Å². The highest BCUT2D eigenvalue weighted by Crippen LogP contribution is 2.23. The summed E-state index contributed by atoms with van der Waals surface area (Å²) in [5, 5.41) is 0. The average molecular weight is 338 g/mol. The van der Waals surface area contributed by atoms with Crippen molar-refractivity contribution < 1.29 is 14.0 Å². The first-order valence-corrected chi connectivity index (χ1v) is 9.25. The zero-order chi connectivity index (χ0) is 16.8. The van der Waals surface area contributed by atoms with E-state index in [1.54, 1.807) is 12.1 Å². The number of carbonyl (C=O) groups excluding carboxylic acids is 2. The third-order valence-corrected chi connectivity index (χ3v) is 4.80. The highest BCUT2D eigenvalue weighted by molar-refractivity contribution is 7.97. The van der Waals surface area contributed by atoms with Crippen molar-refractivity contribution in [1.29, 1.82) is 0 Å². The molecule has 2 amide bonds. The third kappa shape index (κ3) is 4.96. The number of primary amides is 1. The van der Waals surface area contributed by atoms with Gasteiger partial charge in [-0.1, -0.05) is 0 Å². The molecule has 0 radical (unpaired) electrons. The molecular weight excluding hydrogens is 315 g/mol. The maximum Gasteiger partial charge on any atom is 0.253 e. The SMILES string of the molecule is CSCc1cc(C(=O)N2CCCC(CCC(N)=O)C2)ccc1F. The van der Waals surface area contributed by atoms with Gasteiger partial charge in [0.25, 0.3) is 5.91 Å². The van der Waals surface area contributed by atoms with Crippen LogP contribution in [0, 0.1) is 11.7 Å². The summed E-state index contributed by atoms with van der Waals surface area (Å²) in [4.78, 5) is 25.4. The van der Waals surface area contributed by atoms with Crippen molar-refractivity contribution >= 4 is 23.6 Å². The molecule has 1 unspecified atom stereocenters. The van der Waals surface area contributed by atoms with Crippen LogP contribution in [0.1, 0.15) is 41.6 Å². The highest BCUT2D eigenvalue weighted by Gasteiger charge is 2.25. The number of carbonyl (C=O) groups is 2. The molecule has 6 heteroatoms. The normalized spacial score (nSPS) is 18.0. The fraction of sp³-hybridized carbons (Fsp3) is 0.529. The molecule has 2 N–H and O–H groups in total. The van der Waals surface area contributed by atoms with Gasteiger partial charge in [0, 0.05) is 30.8 Å². The summed E-state index contributed by atoms with van der Waals surface area (Å²) in [6.45, 7) is 1.35. The average Bonchev–Trinajstić information content (AvgIpc) is 2.55. The first-order valence-electron chi connectivity index (χ1n) is 7.86. The molecule has 1 heterocycles. The molecule has 0 bridgehead atoms. The van der Waals surface area contributed by atoms with Crippen molar-refractivity contribution in [3.63, 3.8) is 0 Å². The Hall–Kier alpha value is -1.56.